The number of Topliss-reactive ketones (excluding diaryl/α,β-unsaturated/α-hetero) is 1. The quantitative estimate of drug-likeness (QED) is 0.440. The van der Waals surface area contributed by atoms with E-state index in [1.54, 1.807) is 0 Å². The van der Waals surface area contributed by atoms with Crippen molar-refractivity contribution < 1.29 is 19.4 Å². The van der Waals surface area contributed by atoms with Gasteiger partial charge in [-0.05, 0) is 55.9 Å². The summed E-state index contributed by atoms with van der Waals surface area (Å²) in [5.41, 5.74) is 6.40. The highest BCUT2D eigenvalue weighted by Gasteiger charge is 2.18. The number of nitrogens with zero attached hydrogens (tertiary/aromatic N) is 1. The molecular weight excluding hydrogens is 390 g/mol. The molecule has 2 aromatic rings. The van der Waals surface area contributed by atoms with Crippen molar-refractivity contribution in [1.82, 2.24) is 4.98 Å². The summed E-state index contributed by atoms with van der Waals surface area (Å²) in [6, 6.07) is 10.1. The molecule has 0 aliphatic carbocycles. The molecule has 1 atom stereocenters. The number of ketones is 1. The zero-order chi connectivity index (χ0) is 24.0. The molecule has 1 aromatic heterocycles. The summed E-state index contributed by atoms with van der Waals surface area (Å²) in [4.78, 5) is 27.6. The Morgan fingerprint density at radius 3 is 2.13 bits per heavy atom. The first kappa shape index (κ1) is 28.5. The lowest BCUT2D eigenvalue weighted by atomic mass is 9.90. The van der Waals surface area contributed by atoms with Gasteiger partial charge in [-0.25, -0.2) is 0 Å². The molecule has 0 saturated carbocycles. The number of rotatable bonds is 8. The van der Waals surface area contributed by atoms with Gasteiger partial charge in [-0.3, -0.25) is 14.6 Å². The number of carbonyl (C=O) groups is 2. The van der Waals surface area contributed by atoms with Crippen molar-refractivity contribution in [2.75, 3.05) is 7.11 Å². The molecule has 0 radical (unpaired) electrons. The molecule has 31 heavy (non-hydrogen) atoms. The summed E-state index contributed by atoms with van der Waals surface area (Å²) in [7, 11) is 1.24. The smallest absolute Gasteiger partial charge is 0.313 e. The summed E-state index contributed by atoms with van der Waals surface area (Å²) < 4.78 is 4.49. The number of esters is 1. The molecule has 5 nitrogen and oxygen atoms in total. The monoisotopic (exact) mass is 429 g/mol. The minimum absolute atomic E-state index is 0.0485. The van der Waals surface area contributed by atoms with E-state index in [0.29, 0.717) is 12.8 Å². The molecule has 1 N–H and O–H groups in total. The lowest BCUT2D eigenvalue weighted by molar-refractivity contribution is -0.143. The molecule has 0 aliphatic rings. The highest BCUT2D eigenvalue weighted by Crippen LogP contribution is 2.31. The van der Waals surface area contributed by atoms with Crippen LogP contribution in [0.25, 0.3) is 11.1 Å². The van der Waals surface area contributed by atoms with Crippen LogP contribution in [0.3, 0.4) is 0 Å². The topological polar surface area (TPSA) is 76.5 Å². The van der Waals surface area contributed by atoms with Gasteiger partial charge in [0, 0.05) is 17.8 Å². The van der Waals surface area contributed by atoms with Crippen molar-refractivity contribution >= 4 is 11.8 Å². The van der Waals surface area contributed by atoms with Crippen LogP contribution in [0.5, 0.6) is 0 Å². The van der Waals surface area contributed by atoms with Gasteiger partial charge in [-0.1, -0.05) is 58.0 Å². The van der Waals surface area contributed by atoms with E-state index in [1.165, 1.54) is 7.11 Å². The van der Waals surface area contributed by atoms with Gasteiger partial charge in [-0.15, -0.1) is 0 Å². The number of aliphatic hydroxyl groups is 1. The maximum Gasteiger partial charge on any atom is 0.313 e. The second kappa shape index (κ2) is 15.3. The van der Waals surface area contributed by atoms with Crippen LogP contribution in [0.2, 0.25) is 0 Å². The van der Waals surface area contributed by atoms with Crippen molar-refractivity contribution in [1.29, 1.82) is 0 Å². The Bertz CT molecular complexity index is 816. The fourth-order valence-electron chi connectivity index (χ4n) is 3.27. The standard InChI is InChI=1S/C22H27NO4.2C2H6/c1-14-15(2)23-16(3)20(22(14)17-8-6-5-7-9-17)11-10-18(24)12-19(25)13-21(26)27-4;2*1-2/h5-9,18,24H,10-13H2,1-4H3;2*1-2H3. The minimum Gasteiger partial charge on any atom is -0.469 e. The highest BCUT2D eigenvalue weighted by atomic mass is 16.5. The van der Waals surface area contributed by atoms with E-state index in [0.717, 1.165) is 33.6 Å². The molecule has 1 aromatic carbocycles. The molecule has 0 aliphatic heterocycles. The first-order chi connectivity index (χ1) is 14.8. The third kappa shape index (κ3) is 9.01. The number of ether oxygens (including phenoxy) is 1. The predicted octanol–water partition coefficient (Wildman–Crippen LogP) is 5.54. The first-order valence-corrected chi connectivity index (χ1v) is 11.1. The number of hydrogen-bond donors (Lipinski definition) is 1. The van der Waals surface area contributed by atoms with Gasteiger partial charge in [0.25, 0.3) is 0 Å². The van der Waals surface area contributed by atoms with Gasteiger partial charge in [0.05, 0.1) is 13.2 Å². The molecular formula is C26H39NO4. The van der Waals surface area contributed by atoms with Gasteiger partial charge in [0.2, 0.25) is 0 Å². The van der Waals surface area contributed by atoms with Crippen molar-refractivity contribution in [2.45, 2.75) is 80.3 Å². The van der Waals surface area contributed by atoms with Crippen LogP contribution in [-0.2, 0) is 20.7 Å². The van der Waals surface area contributed by atoms with Gasteiger partial charge >= 0.3 is 5.97 Å². The van der Waals surface area contributed by atoms with Crippen LogP contribution < -0.4 is 0 Å². The second-order valence-electron chi connectivity index (χ2n) is 6.82. The van der Waals surface area contributed by atoms with Crippen LogP contribution in [0.4, 0.5) is 0 Å². The molecule has 2 rings (SSSR count). The predicted molar refractivity (Wildman–Crippen MR) is 127 cm³/mol. The number of benzene rings is 1. The molecule has 0 bridgehead atoms. The number of aliphatic hydroxyl groups excluding tert-OH is 1. The molecule has 0 saturated heterocycles. The van der Waals surface area contributed by atoms with Crippen molar-refractivity contribution in [3.8, 4) is 11.1 Å². The normalized spacial score (nSPS) is 10.7. The Morgan fingerprint density at radius 1 is 1.00 bits per heavy atom. The summed E-state index contributed by atoms with van der Waals surface area (Å²) >= 11 is 0. The van der Waals surface area contributed by atoms with E-state index in [4.69, 9.17) is 0 Å². The maximum atomic E-state index is 11.8. The van der Waals surface area contributed by atoms with Gasteiger partial charge in [0.1, 0.15) is 12.2 Å². The van der Waals surface area contributed by atoms with E-state index < -0.39 is 12.1 Å². The molecule has 172 valence electrons. The molecule has 5 heteroatoms. The fourth-order valence-corrected chi connectivity index (χ4v) is 3.27. The van der Waals surface area contributed by atoms with Crippen molar-refractivity contribution in [2.24, 2.45) is 0 Å². The minimum atomic E-state index is -0.799. The average molecular weight is 430 g/mol. The van der Waals surface area contributed by atoms with E-state index >= 15 is 0 Å². The maximum absolute atomic E-state index is 11.8. The van der Waals surface area contributed by atoms with Crippen LogP contribution in [0.1, 0.15) is 69.5 Å². The SMILES string of the molecule is CC.CC.COC(=O)CC(=O)CC(O)CCc1c(C)nc(C)c(C)c1-c1ccccc1. The lowest BCUT2D eigenvalue weighted by Crippen LogP contribution is -2.18. The Morgan fingerprint density at radius 2 is 1.58 bits per heavy atom. The van der Waals surface area contributed by atoms with Crippen LogP contribution in [-0.4, -0.2) is 35.1 Å². The highest BCUT2D eigenvalue weighted by molar-refractivity contribution is 5.95. The Balaban J connectivity index is 0.00000212. The Hall–Kier alpha value is -2.53. The zero-order valence-electron chi connectivity index (χ0n) is 20.4. The van der Waals surface area contributed by atoms with E-state index in [9.17, 15) is 14.7 Å². The summed E-state index contributed by atoms with van der Waals surface area (Å²) in [5.74, 6) is -0.889. The molecule has 0 amide bonds. The zero-order valence-corrected chi connectivity index (χ0v) is 20.4. The Kier molecular flexibility index (Phi) is 14.0. The largest absolute Gasteiger partial charge is 0.469 e. The summed E-state index contributed by atoms with van der Waals surface area (Å²) in [6.45, 7) is 14.0. The van der Waals surface area contributed by atoms with E-state index in [1.807, 2.05) is 59.7 Å². The number of pyridine rings is 1. The lowest BCUT2D eigenvalue weighted by Gasteiger charge is -2.18. The van der Waals surface area contributed by atoms with Crippen molar-refractivity contribution in [3.05, 3.63) is 52.8 Å². The van der Waals surface area contributed by atoms with E-state index in [2.05, 4.69) is 28.8 Å². The summed E-state index contributed by atoms with van der Waals surface area (Å²) in [5, 5.41) is 10.2. The number of methoxy groups -OCH3 is 1. The number of carbonyl (C=O) groups excluding carboxylic acids is 2. The average Bonchev–Trinajstić information content (AvgIpc) is 2.78. The van der Waals surface area contributed by atoms with Crippen LogP contribution >= 0.6 is 0 Å². The van der Waals surface area contributed by atoms with Gasteiger partial charge < -0.3 is 9.84 Å². The molecule has 0 spiro atoms. The number of aryl methyl sites for hydroxylation is 2. The van der Waals surface area contributed by atoms with Crippen LogP contribution in [0.15, 0.2) is 30.3 Å². The van der Waals surface area contributed by atoms with Gasteiger partial charge in [0.15, 0.2) is 0 Å². The molecule has 1 heterocycles. The third-order valence-corrected chi connectivity index (χ3v) is 4.81. The molecule has 1 unspecified atom stereocenters. The number of hydrogen-bond acceptors (Lipinski definition) is 5. The first-order valence-electron chi connectivity index (χ1n) is 11.1. The van der Waals surface area contributed by atoms with Crippen molar-refractivity contribution in [3.63, 3.8) is 0 Å². The number of aromatic nitrogens is 1. The molecule has 0 fully saturated rings. The fraction of sp³-hybridized carbons (Fsp3) is 0.500. The second-order valence-corrected chi connectivity index (χ2v) is 6.82. The third-order valence-electron chi connectivity index (χ3n) is 4.81. The van der Waals surface area contributed by atoms with Crippen LogP contribution in [0, 0.1) is 20.8 Å². The van der Waals surface area contributed by atoms with E-state index in [-0.39, 0.29) is 18.6 Å². The van der Waals surface area contributed by atoms with Gasteiger partial charge in [-0.2, -0.15) is 0 Å². The Labute approximate surface area is 187 Å². The summed E-state index contributed by atoms with van der Waals surface area (Å²) in [6.07, 6.45) is -0.110.